The standard InChI is InChI=1S/C11H15N3O2/c1-11(2,7-3-4-7)14-10-12-6-5-8(13-10)9(15)16/h5-7H,3-4H2,1-2H3,(H,15,16)(H,12,13,14). The van der Waals surface area contributed by atoms with Gasteiger partial charge in [0.1, 0.15) is 0 Å². The summed E-state index contributed by atoms with van der Waals surface area (Å²) in [5.41, 5.74) is -0.0546. The Morgan fingerprint density at radius 3 is 2.81 bits per heavy atom. The van der Waals surface area contributed by atoms with E-state index in [2.05, 4.69) is 29.1 Å². The van der Waals surface area contributed by atoms with Crippen LogP contribution in [0.2, 0.25) is 0 Å². The third-order valence-electron chi connectivity index (χ3n) is 2.91. The van der Waals surface area contributed by atoms with Crippen molar-refractivity contribution >= 4 is 11.9 Å². The molecule has 5 heteroatoms. The van der Waals surface area contributed by atoms with Crippen molar-refractivity contribution in [2.24, 2.45) is 5.92 Å². The van der Waals surface area contributed by atoms with Crippen molar-refractivity contribution in [3.63, 3.8) is 0 Å². The van der Waals surface area contributed by atoms with Crippen LogP contribution in [-0.4, -0.2) is 26.6 Å². The smallest absolute Gasteiger partial charge is 0.354 e. The summed E-state index contributed by atoms with van der Waals surface area (Å²) in [6.45, 7) is 4.17. The molecular weight excluding hydrogens is 206 g/mol. The summed E-state index contributed by atoms with van der Waals surface area (Å²) in [7, 11) is 0. The van der Waals surface area contributed by atoms with E-state index in [0.29, 0.717) is 11.9 Å². The molecule has 0 atom stereocenters. The van der Waals surface area contributed by atoms with Gasteiger partial charge in [-0.1, -0.05) is 0 Å². The molecule has 1 heterocycles. The monoisotopic (exact) mass is 221 g/mol. The predicted molar refractivity (Wildman–Crippen MR) is 59.4 cm³/mol. The highest BCUT2D eigenvalue weighted by atomic mass is 16.4. The molecular formula is C11H15N3O2. The number of carboxylic acids is 1. The summed E-state index contributed by atoms with van der Waals surface area (Å²) in [5.74, 6) is -0.0175. The maximum absolute atomic E-state index is 10.7. The summed E-state index contributed by atoms with van der Waals surface area (Å²) in [4.78, 5) is 18.7. The Kier molecular flexibility index (Phi) is 2.53. The number of nitrogens with one attached hydrogen (secondary N) is 1. The number of aromatic carboxylic acids is 1. The minimum Gasteiger partial charge on any atom is -0.477 e. The topological polar surface area (TPSA) is 75.1 Å². The highest BCUT2D eigenvalue weighted by Gasteiger charge is 2.38. The van der Waals surface area contributed by atoms with E-state index in [9.17, 15) is 4.79 Å². The molecule has 1 saturated carbocycles. The fourth-order valence-electron chi connectivity index (χ4n) is 1.73. The Balaban J connectivity index is 2.14. The van der Waals surface area contributed by atoms with Gasteiger partial charge < -0.3 is 10.4 Å². The SMILES string of the molecule is CC(C)(Nc1nccc(C(=O)O)n1)C1CC1. The number of hydrogen-bond acceptors (Lipinski definition) is 4. The summed E-state index contributed by atoms with van der Waals surface area (Å²) in [6, 6.07) is 1.39. The van der Waals surface area contributed by atoms with Crippen molar-refractivity contribution in [3.05, 3.63) is 18.0 Å². The minimum absolute atomic E-state index is 0.0177. The molecule has 86 valence electrons. The van der Waals surface area contributed by atoms with Gasteiger partial charge in [-0.3, -0.25) is 0 Å². The fraction of sp³-hybridized carbons (Fsp3) is 0.545. The van der Waals surface area contributed by atoms with Crippen molar-refractivity contribution < 1.29 is 9.90 Å². The van der Waals surface area contributed by atoms with Crippen LogP contribution >= 0.6 is 0 Å². The largest absolute Gasteiger partial charge is 0.477 e. The predicted octanol–water partition coefficient (Wildman–Crippen LogP) is 1.78. The van der Waals surface area contributed by atoms with Crippen LogP contribution in [0, 0.1) is 5.92 Å². The van der Waals surface area contributed by atoms with E-state index in [1.165, 1.54) is 25.1 Å². The van der Waals surface area contributed by atoms with E-state index < -0.39 is 5.97 Å². The number of nitrogens with zero attached hydrogens (tertiary/aromatic N) is 2. The molecule has 16 heavy (non-hydrogen) atoms. The van der Waals surface area contributed by atoms with E-state index in [1.54, 1.807) is 0 Å². The molecule has 2 N–H and O–H groups in total. The number of anilines is 1. The molecule has 0 amide bonds. The molecule has 0 unspecified atom stereocenters. The summed E-state index contributed by atoms with van der Waals surface area (Å²) in [5, 5.41) is 12.0. The van der Waals surface area contributed by atoms with Gasteiger partial charge in [0.05, 0.1) is 0 Å². The average Bonchev–Trinajstić information content (AvgIpc) is 3.00. The lowest BCUT2D eigenvalue weighted by Gasteiger charge is -2.25. The van der Waals surface area contributed by atoms with Crippen molar-refractivity contribution in [2.45, 2.75) is 32.2 Å². The van der Waals surface area contributed by atoms with Crippen LogP contribution in [-0.2, 0) is 0 Å². The second kappa shape index (κ2) is 3.73. The van der Waals surface area contributed by atoms with Crippen LogP contribution in [0.5, 0.6) is 0 Å². The van der Waals surface area contributed by atoms with Gasteiger partial charge in [-0.05, 0) is 38.7 Å². The molecule has 1 aromatic heterocycles. The molecule has 0 radical (unpaired) electrons. The Morgan fingerprint density at radius 2 is 2.25 bits per heavy atom. The zero-order valence-corrected chi connectivity index (χ0v) is 9.40. The van der Waals surface area contributed by atoms with Gasteiger partial charge in [-0.25, -0.2) is 14.8 Å². The van der Waals surface area contributed by atoms with Gasteiger partial charge in [0.15, 0.2) is 5.69 Å². The lowest BCUT2D eigenvalue weighted by Crippen LogP contribution is -2.34. The normalized spacial score (nSPS) is 15.9. The van der Waals surface area contributed by atoms with Gasteiger partial charge in [0, 0.05) is 11.7 Å². The minimum atomic E-state index is -1.03. The Hall–Kier alpha value is -1.65. The first-order chi connectivity index (χ1) is 7.49. The maximum atomic E-state index is 10.7. The number of aromatic nitrogens is 2. The van der Waals surface area contributed by atoms with Crippen LogP contribution in [0.1, 0.15) is 37.2 Å². The Labute approximate surface area is 93.9 Å². The van der Waals surface area contributed by atoms with E-state index in [4.69, 9.17) is 5.11 Å². The van der Waals surface area contributed by atoms with Crippen LogP contribution in [0.15, 0.2) is 12.3 Å². The van der Waals surface area contributed by atoms with Crippen LogP contribution in [0.3, 0.4) is 0 Å². The number of rotatable bonds is 4. The van der Waals surface area contributed by atoms with Crippen LogP contribution in [0.25, 0.3) is 0 Å². The first kappa shape index (κ1) is 10.9. The van der Waals surface area contributed by atoms with Crippen molar-refractivity contribution in [2.75, 3.05) is 5.32 Å². The molecule has 1 aliphatic rings. The van der Waals surface area contributed by atoms with Gasteiger partial charge in [-0.15, -0.1) is 0 Å². The van der Waals surface area contributed by atoms with Crippen LogP contribution < -0.4 is 5.32 Å². The number of hydrogen-bond donors (Lipinski definition) is 2. The van der Waals surface area contributed by atoms with Gasteiger partial charge in [0.2, 0.25) is 5.95 Å². The van der Waals surface area contributed by atoms with Crippen molar-refractivity contribution in [3.8, 4) is 0 Å². The third-order valence-corrected chi connectivity index (χ3v) is 2.91. The fourth-order valence-corrected chi connectivity index (χ4v) is 1.73. The lowest BCUT2D eigenvalue weighted by atomic mass is 9.99. The maximum Gasteiger partial charge on any atom is 0.354 e. The zero-order chi connectivity index (χ0) is 11.8. The van der Waals surface area contributed by atoms with E-state index >= 15 is 0 Å². The average molecular weight is 221 g/mol. The highest BCUT2D eigenvalue weighted by Crippen LogP contribution is 2.40. The lowest BCUT2D eigenvalue weighted by molar-refractivity contribution is 0.0690. The molecule has 5 nitrogen and oxygen atoms in total. The summed E-state index contributed by atoms with van der Waals surface area (Å²) < 4.78 is 0. The Morgan fingerprint density at radius 1 is 1.56 bits per heavy atom. The molecule has 1 fully saturated rings. The Bertz CT molecular complexity index is 413. The molecule has 1 aliphatic carbocycles. The van der Waals surface area contributed by atoms with Gasteiger partial charge in [0.25, 0.3) is 0 Å². The summed E-state index contributed by atoms with van der Waals surface area (Å²) in [6.07, 6.45) is 3.87. The van der Waals surface area contributed by atoms with Gasteiger partial charge >= 0.3 is 5.97 Å². The van der Waals surface area contributed by atoms with Gasteiger partial charge in [-0.2, -0.15) is 0 Å². The van der Waals surface area contributed by atoms with E-state index in [-0.39, 0.29) is 11.2 Å². The second-order valence-electron chi connectivity index (χ2n) is 4.69. The molecule has 0 aromatic carbocycles. The first-order valence-corrected chi connectivity index (χ1v) is 5.33. The third kappa shape index (κ3) is 2.29. The molecule has 0 bridgehead atoms. The molecule has 0 spiro atoms. The molecule has 0 saturated heterocycles. The highest BCUT2D eigenvalue weighted by molar-refractivity contribution is 5.85. The zero-order valence-electron chi connectivity index (χ0n) is 9.40. The quantitative estimate of drug-likeness (QED) is 0.810. The molecule has 0 aliphatic heterocycles. The number of carboxylic acid groups (broad SMARTS) is 1. The first-order valence-electron chi connectivity index (χ1n) is 5.33. The molecule has 2 rings (SSSR count). The molecule has 1 aromatic rings. The van der Waals surface area contributed by atoms with Crippen molar-refractivity contribution in [1.82, 2.24) is 9.97 Å². The second-order valence-corrected chi connectivity index (χ2v) is 4.69. The van der Waals surface area contributed by atoms with Crippen LogP contribution in [0.4, 0.5) is 5.95 Å². The number of carbonyl (C=O) groups is 1. The summed E-state index contributed by atoms with van der Waals surface area (Å²) >= 11 is 0. The van der Waals surface area contributed by atoms with Crippen molar-refractivity contribution in [1.29, 1.82) is 0 Å². The van der Waals surface area contributed by atoms with E-state index in [1.807, 2.05) is 0 Å². The van der Waals surface area contributed by atoms with E-state index in [0.717, 1.165) is 0 Å².